The van der Waals surface area contributed by atoms with Crippen LogP contribution >= 0.6 is 0 Å². The second-order valence-corrected chi connectivity index (χ2v) is 3.15. The lowest BCUT2D eigenvalue weighted by Crippen LogP contribution is -2.65. The molecule has 0 radical (unpaired) electrons. The van der Waals surface area contributed by atoms with E-state index in [0.29, 0.717) is 13.2 Å². The Hall–Kier alpha value is -0.650. The molecular formula is C9H17NO4. The number of amides is 1. The van der Waals surface area contributed by atoms with Crippen molar-refractivity contribution in [2.45, 2.75) is 32.3 Å². The molecule has 0 aromatic rings. The fraction of sp³-hybridized carbons (Fsp3) is 0.889. The van der Waals surface area contributed by atoms with E-state index >= 15 is 0 Å². The average Bonchev–Trinajstić information content (AvgIpc) is 2.15. The zero-order chi connectivity index (χ0) is 10.6. The smallest absolute Gasteiger partial charge is 0.251 e. The number of rotatable bonds is 6. The molecule has 1 saturated heterocycles. The molecule has 3 atom stereocenters. The van der Waals surface area contributed by atoms with Crippen molar-refractivity contribution in [3.63, 3.8) is 0 Å². The van der Waals surface area contributed by atoms with Crippen molar-refractivity contribution in [1.29, 1.82) is 0 Å². The monoisotopic (exact) mass is 203 g/mol. The van der Waals surface area contributed by atoms with Crippen LogP contribution in [0.25, 0.3) is 0 Å². The molecule has 1 unspecified atom stereocenters. The molecule has 0 aromatic carbocycles. The molecule has 0 spiro atoms. The molecule has 1 rings (SSSR count). The quantitative estimate of drug-likeness (QED) is 0.484. The van der Waals surface area contributed by atoms with Crippen LogP contribution in [0.3, 0.4) is 0 Å². The fourth-order valence-corrected chi connectivity index (χ4v) is 1.37. The van der Waals surface area contributed by atoms with E-state index in [2.05, 4.69) is 5.32 Å². The maximum atomic E-state index is 11.1. The summed E-state index contributed by atoms with van der Waals surface area (Å²) in [6, 6.07) is -0.0459. The average molecular weight is 203 g/mol. The van der Waals surface area contributed by atoms with Gasteiger partial charge in [-0.2, -0.15) is 0 Å². The van der Waals surface area contributed by atoms with Gasteiger partial charge in [0.05, 0.1) is 12.6 Å². The Balaban J connectivity index is 2.30. The van der Waals surface area contributed by atoms with Crippen LogP contribution < -0.4 is 5.32 Å². The molecule has 82 valence electrons. The molecule has 1 amide bonds. The Morgan fingerprint density at radius 1 is 1.57 bits per heavy atom. The molecule has 1 aliphatic rings. The van der Waals surface area contributed by atoms with E-state index in [0.717, 1.165) is 0 Å². The van der Waals surface area contributed by atoms with Crippen LogP contribution in [-0.2, 0) is 19.0 Å². The number of nitrogens with one attached hydrogen (secondary N) is 1. The van der Waals surface area contributed by atoms with Gasteiger partial charge in [-0.25, -0.2) is 0 Å². The second-order valence-electron chi connectivity index (χ2n) is 3.15. The fourth-order valence-electron chi connectivity index (χ4n) is 1.37. The Kier molecular flexibility index (Phi) is 4.31. The van der Waals surface area contributed by atoms with Gasteiger partial charge in [0.25, 0.3) is 5.91 Å². The summed E-state index contributed by atoms with van der Waals surface area (Å²) in [4.78, 5) is 11.1. The van der Waals surface area contributed by atoms with Crippen LogP contribution in [0.2, 0.25) is 0 Å². The van der Waals surface area contributed by atoms with Gasteiger partial charge in [-0.05, 0) is 13.8 Å². The first-order valence-electron chi connectivity index (χ1n) is 4.75. The van der Waals surface area contributed by atoms with Crippen LogP contribution in [0.1, 0.15) is 13.8 Å². The SMILES string of the molecule is CCOC(C)O[C@H]1C(=O)N[C@H]1COC. The van der Waals surface area contributed by atoms with Crippen LogP contribution in [0.5, 0.6) is 0 Å². The van der Waals surface area contributed by atoms with E-state index in [-0.39, 0.29) is 18.2 Å². The first kappa shape index (κ1) is 11.4. The number of carbonyl (C=O) groups excluding carboxylic acids is 1. The molecule has 1 heterocycles. The van der Waals surface area contributed by atoms with Gasteiger partial charge in [0.15, 0.2) is 12.4 Å². The number of carbonyl (C=O) groups is 1. The Morgan fingerprint density at radius 3 is 2.79 bits per heavy atom. The highest BCUT2D eigenvalue weighted by atomic mass is 16.7. The van der Waals surface area contributed by atoms with Crippen molar-refractivity contribution >= 4 is 5.91 Å². The zero-order valence-electron chi connectivity index (χ0n) is 8.78. The Morgan fingerprint density at radius 2 is 2.29 bits per heavy atom. The summed E-state index contributed by atoms with van der Waals surface area (Å²) in [6.45, 7) is 4.70. The minimum atomic E-state index is -0.434. The number of methoxy groups -OCH3 is 1. The molecule has 0 aliphatic carbocycles. The van der Waals surface area contributed by atoms with Crippen LogP contribution in [0.4, 0.5) is 0 Å². The summed E-state index contributed by atoms with van der Waals surface area (Å²) in [7, 11) is 1.59. The first-order valence-corrected chi connectivity index (χ1v) is 4.75. The summed E-state index contributed by atoms with van der Waals surface area (Å²) in [5.41, 5.74) is 0. The highest BCUT2D eigenvalue weighted by Gasteiger charge is 2.41. The summed E-state index contributed by atoms with van der Waals surface area (Å²) in [6.07, 6.45) is -0.785. The topological polar surface area (TPSA) is 56.8 Å². The molecule has 1 aliphatic heterocycles. The third-order valence-electron chi connectivity index (χ3n) is 2.04. The molecule has 5 heteroatoms. The molecule has 0 saturated carbocycles. The molecule has 14 heavy (non-hydrogen) atoms. The second kappa shape index (κ2) is 5.29. The van der Waals surface area contributed by atoms with Gasteiger partial charge < -0.3 is 19.5 Å². The van der Waals surface area contributed by atoms with Crippen molar-refractivity contribution in [2.75, 3.05) is 20.3 Å². The van der Waals surface area contributed by atoms with E-state index in [1.54, 1.807) is 14.0 Å². The van der Waals surface area contributed by atoms with Gasteiger partial charge in [-0.3, -0.25) is 4.79 Å². The standard InChI is InChI=1S/C9H17NO4/c1-4-13-6(2)14-8-7(5-12-3)10-9(8)11/h6-8H,4-5H2,1-3H3,(H,10,11)/t6?,7-,8+/m0/s1. The zero-order valence-corrected chi connectivity index (χ0v) is 8.78. The Labute approximate surface area is 83.7 Å². The van der Waals surface area contributed by atoms with E-state index in [9.17, 15) is 4.79 Å². The highest BCUT2D eigenvalue weighted by Crippen LogP contribution is 2.13. The van der Waals surface area contributed by atoms with Crippen molar-refractivity contribution in [2.24, 2.45) is 0 Å². The first-order chi connectivity index (χ1) is 6.69. The predicted molar refractivity (Wildman–Crippen MR) is 49.8 cm³/mol. The number of β-lactam (4-membered cyclic amide) rings is 1. The van der Waals surface area contributed by atoms with E-state index in [1.807, 2.05) is 6.92 Å². The number of hydrogen-bond donors (Lipinski definition) is 1. The van der Waals surface area contributed by atoms with E-state index in [1.165, 1.54) is 0 Å². The third-order valence-corrected chi connectivity index (χ3v) is 2.04. The lowest BCUT2D eigenvalue weighted by Gasteiger charge is -2.37. The van der Waals surface area contributed by atoms with Crippen molar-refractivity contribution in [1.82, 2.24) is 5.32 Å². The summed E-state index contributed by atoms with van der Waals surface area (Å²) in [5.74, 6) is -0.0985. The summed E-state index contributed by atoms with van der Waals surface area (Å²) in [5, 5.41) is 2.70. The van der Waals surface area contributed by atoms with Crippen molar-refractivity contribution in [3.05, 3.63) is 0 Å². The summed E-state index contributed by atoms with van der Waals surface area (Å²) >= 11 is 0. The van der Waals surface area contributed by atoms with Crippen molar-refractivity contribution < 1.29 is 19.0 Å². The van der Waals surface area contributed by atoms with Gasteiger partial charge in [0, 0.05) is 13.7 Å². The van der Waals surface area contributed by atoms with E-state index < -0.39 is 6.10 Å². The lowest BCUT2D eigenvalue weighted by atomic mass is 10.0. The number of ether oxygens (including phenoxy) is 3. The van der Waals surface area contributed by atoms with Gasteiger partial charge >= 0.3 is 0 Å². The minimum Gasteiger partial charge on any atom is -0.382 e. The van der Waals surface area contributed by atoms with Crippen molar-refractivity contribution in [3.8, 4) is 0 Å². The predicted octanol–water partition coefficient (Wildman–Crippen LogP) is -0.101. The maximum absolute atomic E-state index is 11.1. The Bertz CT molecular complexity index is 197. The molecule has 1 fully saturated rings. The molecular weight excluding hydrogens is 186 g/mol. The van der Waals surface area contributed by atoms with Crippen LogP contribution in [0.15, 0.2) is 0 Å². The van der Waals surface area contributed by atoms with Gasteiger partial charge in [-0.15, -0.1) is 0 Å². The van der Waals surface area contributed by atoms with E-state index in [4.69, 9.17) is 14.2 Å². The normalized spacial score (nSPS) is 28.1. The van der Waals surface area contributed by atoms with Gasteiger partial charge in [0.1, 0.15) is 0 Å². The van der Waals surface area contributed by atoms with Crippen LogP contribution in [0, 0.1) is 0 Å². The lowest BCUT2D eigenvalue weighted by molar-refractivity contribution is -0.194. The number of hydrogen-bond acceptors (Lipinski definition) is 4. The van der Waals surface area contributed by atoms with Gasteiger partial charge in [0.2, 0.25) is 0 Å². The molecule has 5 nitrogen and oxygen atoms in total. The molecule has 0 aromatic heterocycles. The van der Waals surface area contributed by atoms with Crippen LogP contribution in [-0.4, -0.2) is 44.7 Å². The summed E-state index contributed by atoms with van der Waals surface area (Å²) < 4.78 is 15.5. The highest BCUT2D eigenvalue weighted by molar-refractivity contribution is 5.88. The third kappa shape index (κ3) is 2.67. The minimum absolute atomic E-state index is 0.0459. The molecule has 1 N–H and O–H groups in total. The maximum Gasteiger partial charge on any atom is 0.251 e. The largest absolute Gasteiger partial charge is 0.382 e. The molecule has 0 bridgehead atoms. The van der Waals surface area contributed by atoms with Gasteiger partial charge in [-0.1, -0.05) is 0 Å².